The summed E-state index contributed by atoms with van der Waals surface area (Å²) >= 11 is 1.28. The average molecular weight is 343 g/mol. The molecule has 3 rings (SSSR count). The largest absolute Gasteiger partial charge is 0.497 e. The standard InChI is InChI=1S/C16H13N3O4S/c1-22-10-4-5-12-9(7-10)8-11(14(17)20)16(23-12)19-18-15(21)13-3-2-6-24-13/h2-8H,1H3,(H2,17,20)(H,18,21). The minimum Gasteiger partial charge on any atom is -0.497 e. The van der Waals surface area contributed by atoms with E-state index in [0.29, 0.717) is 21.6 Å². The Morgan fingerprint density at radius 1 is 1.29 bits per heavy atom. The highest BCUT2D eigenvalue weighted by molar-refractivity contribution is 7.12. The molecule has 2 heterocycles. The van der Waals surface area contributed by atoms with Crippen LogP contribution in [0.25, 0.3) is 11.0 Å². The fraction of sp³-hybridized carbons (Fsp3) is 0.0625. The van der Waals surface area contributed by atoms with Gasteiger partial charge in [0.2, 0.25) is 5.55 Å². The molecule has 0 aliphatic heterocycles. The molecule has 0 unspecified atom stereocenters. The molecular formula is C16H13N3O4S. The van der Waals surface area contributed by atoms with Gasteiger partial charge in [-0.05, 0) is 35.7 Å². The molecule has 2 aromatic heterocycles. The highest BCUT2D eigenvalue weighted by Crippen LogP contribution is 2.20. The summed E-state index contributed by atoms with van der Waals surface area (Å²) in [6.45, 7) is 0. The number of nitrogens with zero attached hydrogens (tertiary/aromatic N) is 1. The second-order valence-electron chi connectivity index (χ2n) is 4.76. The van der Waals surface area contributed by atoms with Gasteiger partial charge >= 0.3 is 0 Å². The number of nitrogens with two attached hydrogens (primary N) is 1. The Labute approximate surface area is 140 Å². The van der Waals surface area contributed by atoms with Gasteiger partial charge in [-0.15, -0.1) is 16.4 Å². The zero-order valence-electron chi connectivity index (χ0n) is 12.6. The molecule has 0 bridgehead atoms. The average Bonchev–Trinajstić information content (AvgIpc) is 3.12. The van der Waals surface area contributed by atoms with Gasteiger partial charge in [-0.1, -0.05) is 6.07 Å². The van der Waals surface area contributed by atoms with Crippen molar-refractivity contribution in [1.29, 1.82) is 0 Å². The van der Waals surface area contributed by atoms with E-state index in [1.165, 1.54) is 18.4 Å². The van der Waals surface area contributed by atoms with Crippen LogP contribution in [-0.4, -0.2) is 18.9 Å². The van der Waals surface area contributed by atoms with Crippen molar-refractivity contribution >= 4 is 34.1 Å². The number of ether oxygens (including phenoxy) is 1. The van der Waals surface area contributed by atoms with Gasteiger partial charge in [0, 0.05) is 5.39 Å². The Morgan fingerprint density at radius 3 is 2.79 bits per heavy atom. The van der Waals surface area contributed by atoms with E-state index in [1.807, 2.05) is 0 Å². The third-order valence-corrected chi connectivity index (χ3v) is 4.09. The molecule has 0 saturated heterocycles. The number of amides is 2. The van der Waals surface area contributed by atoms with E-state index in [-0.39, 0.29) is 11.1 Å². The van der Waals surface area contributed by atoms with Crippen molar-refractivity contribution < 1.29 is 18.7 Å². The molecular weight excluding hydrogens is 330 g/mol. The molecule has 122 valence electrons. The lowest BCUT2D eigenvalue weighted by molar-refractivity contribution is 0.0950. The van der Waals surface area contributed by atoms with Crippen LogP contribution in [0.15, 0.2) is 51.3 Å². The van der Waals surface area contributed by atoms with Crippen LogP contribution in [0.4, 0.5) is 0 Å². The van der Waals surface area contributed by atoms with Crippen LogP contribution in [0.2, 0.25) is 0 Å². The molecule has 7 nitrogen and oxygen atoms in total. The lowest BCUT2D eigenvalue weighted by Crippen LogP contribution is -2.26. The Balaban J connectivity index is 2.05. The molecule has 2 amide bonds. The number of hydrogen-bond acceptors (Lipinski definition) is 6. The first-order valence-electron chi connectivity index (χ1n) is 6.88. The first-order chi connectivity index (χ1) is 11.6. The number of nitrogens with one attached hydrogen (secondary N) is 1. The number of methoxy groups -OCH3 is 1. The van der Waals surface area contributed by atoms with Crippen LogP contribution < -0.4 is 21.5 Å². The summed E-state index contributed by atoms with van der Waals surface area (Å²) in [7, 11) is 1.54. The molecule has 0 atom stereocenters. The van der Waals surface area contributed by atoms with Gasteiger partial charge in [0.25, 0.3) is 11.8 Å². The monoisotopic (exact) mass is 343 g/mol. The normalized spacial score (nSPS) is 11.5. The van der Waals surface area contributed by atoms with Gasteiger partial charge in [-0.2, -0.15) is 0 Å². The summed E-state index contributed by atoms with van der Waals surface area (Å²) < 4.78 is 10.7. The van der Waals surface area contributed by atoms with Gasteiger partial charge in [-0.3, -0.25) is 9.59 Å². The SMILES string of the molecule is COc1ccc2oc(=NNC(=O)c3cccs3)c(C(N)=O)cc2c1. The Hall–Kier alpha value is -3.13. The van der Waals surface area contributed by atoms with Crippen LogP contribution in [0.3, 0.4) is 0 Å². The first-order valence-corrected chi connectivity index (χ1v) is 7.75. The second kappa shape index (κ2) is 6.55. The van der Waals surface area contributed by atoms with Crippen LogP contribution in [0.1, 0.15) is 20.0 Å². The van der Waals surface area contributed by atoms with E-state index in [9.17, 15) is 9.59 Å². The van der Waals surface area contributed by atoms with Crippen molar-refractivity contribution in [2.24, 2.45) is 10.8 Å². The number of benzene rings is 1. The maximum absolute atomic E-state index is 11.9. The highest BCUT2D eigenvalue weighted by Gasteiger charge is 2.11. The number of carbonyl (C=O) groups excluding carboxylic acids is 2. The number of primary amides is 1. The Kier molecular flexibility index (Phi) is 4.30. The fourth-order valence-electron chi connectivity index (χ4n) is 2.06. The van der Waals surface area contributed by atoms with Gasteiger partial charge in [-0.25, -0.2) is 5.43 Å². The van der Waals surface area contributed by atoms with Crippen molar-refractivity contribution in [2.75, 3.05) is 7.11 Å². The smallest absolute Gasteiger partial charge is 0.281 e. The molecule has 0 spiro atoms. The molecule has 0 fully saturated rings. The quantitative estimate of drug-likeness (QED) is 0.705. The third-order valence-electron chi connectivity index (χ3n) is 3.22. The fourth-order valence-corrected chi connectivity index (χ4v) is 2.67. The molecule has 24 heavy (non-hydrogen) atoms. The zero-order valence-corrected chi connectivity index (χ0v) is 13.4. The Bertz CT molecular complexity index is 977. The lowest BCUT2D eigenvalue weighted by atomic mass is 10.1. The van der Waals surface area contributed by atoms with Gasteiger partial charge < -0.3 is 14.9 Å². The summed E-state index contributed by atoms with van der Waals surface area (Å²) in [4.78, 5) is 24.1. The van der Waals surface area contributed by atoms with Crippen molar-refractivity contribution in [3.8, 4) is 5.75 Å². The van der Waals surface area contributed by atoms with Crippen molar-refractivity contribution in [3.05, 3.63) is 57.8 Å². The number of rotatable bonds is 4. The van der Waals surface area contributed by atoms with E-state index in [0.717, 1.165) is 0 Å². The van der Waals surface area contributed by atoms with E-state index in [2.05, 4.69) is 10.5 Å². The number of carbonyl (C=O) groups is 2. The summed E-state index contributed by atoms with van der Waals surface area (Å²) in [6.07, 6.45) is 0. The van der Waals surface area contributed by atoms with E-state index in [4.69, 9.17) is 14.9 Å². The van der Waals surface area contributed by atoms with Gasteiger partial charge in [0.05, 0.1) is 12.0 Å². The van der Waals surface area contributed by atoms with Crippen LogP contribution in [0, 0.1) is 0 Å². The molecule has 1 aromatic carbocycles. The topological polar surface area (TPSA) is 107 Å². The first kappa shape index (κ1) is 15.8. The number of fused-ring (bicyclic) bond motifs is 1. The van der Waals surface area contributed by atoms with Gasteiger partial charge in [0.15, 0.2) is 0 Å². The molecule has 0 aliphatic rings. The molecule has 0 saturated carbocycles. The number of hydrogen-bond donors (Lipinski definition) is 2. The molecule has 3 aromatic rings. The molecule has 0 radical (unpaired) electrons. The van der Waals surface area contributed by atoms with Crippen molar-refractivity contribution in [1.82, 2.24) is 5.43 Å². The summed E-state index contributed by atoms with van der Waals surface area (Å²) in [5, 5.41) is 6.29. The predicted octanol–water partition coefficient (Wildman–Crippen LogP) is 1.85. The third kappa shape index (κ3) is 3.13. The summed E-state index contributed by atoms with van der Waals surface area (Å²) in [5.74, 6) is -0.498. The van der Waals surface area contributed by atoms with Crippen molar-refractivity contribution in [3.63, 3.8) is 0 Å². The minimum absolute atomic E-state index is 0.0576. The predicted molar refractivity (Wildman–Crippen MR) is 88.6 cm³/mol. The van der Waals surface area contributed by atoms with Crippen molar-refractivity contribution in [2.45, 2.75) is 0 Å². The Morgan fingerprint density at radius 2 is 2.12 bits per heavy atom. The molecule has 0 aliphatic carbocycles. The van der Waals surface area contributed by atoms with E-state index >= 15 is 0 Å². The van der Waals surface area contributed by atoms with Crippen LogP contribution in [-0.2, 0) is 0 Å². The molecule has 8 heteroatoms. The lowest BCUT2D eigenvalue weighted by Gasteiger charge is -2.04. The van der Waals surface area contributed by atoms with Gasteiger partial charge in [0.1, 0.15) is 16.9 Å². The minimum atomic E-state index is -0.715. The van der Waals surface area contributed by atoms with E-state index < -0.39 is 11.8 Å². The van der Waals surface area contributed by atoms with Crippen LogP contribution in [0.5, 0.6) is 5.75 Å². The summed E-state index contributed by atoms with van der Waals surface area (Å²) in [5.41, 5.74) is 8.20. The highest BCUT2D eigenvalue weighted by atomic mass is 32.1. The zero-order chi connectivity index (χ0) is 17.1. The maximum atomic E-state index is 11.9. The summed E-state index contributed by atoms with van der Waals surface area (Å²) in [6, 6.07) is 10.1. The molecule has 3 N–H and O–H groups in total. The second-order valence-corrected chi connectivity index (χ2v) is 5.71. The van der Waals surface area contributed by atoms with E-state index in [1.54, 1.807) is 41.8 Å². The number of thiophene rings is 1. The maximum Gasteiger partial charge on any atom is 0.281 e. The van der Waals surface area contributed by atoms with Crippen LogP contribution >= 0.6 is 11.3 Å².